The van der Waals surface area contributed by atoms with Crippen molar-refractivity contribution in [3.8, 4) is 0 Å². The second-order valence-corrected chi connectivity index (χ2v) is 8.19. The van der Waals surface area contributed by atoms with Gasteiger partial charge in [-0.05, 0) is 25.8 Å². The van der Waals surface area contributed by atoms with Crippen molar-refractivity contribution in [2.75, 3.05) is 6.54 Å². The van der Waals surface area contributed by atoms with Gasteiger partial charge in [-0.1, -0.05) is 30.3 Å². The summed E-state index contributed by atoms with van der Waals surface area (Å²) in [5.41, 5.74) is 0.729. The third-order valence-electron chi connectivity index (χ3n) is 4.59. The van der Waals surface area contributed by atoms with Crippen molar-refractivity contribution in [2.45, 2.75) is 36.6 Å². The molecule has 22 heavy (non-hydrogen) atoms. The molecule has 0 spiro atoms. The first-order valence-electron chi connectivity index (χ1n) is 7.40. The van der Waals surface area contributed by atoms with Gasteiger partial charge < -0.3 is 0 Å². The van der Waals surface area contributed by atoms with Crippen LogP contribution in [0.3, 0.4) is 0 Å². The second-order valence-electron chi connectivity index (χ2n) is 6.33. The van der Waals surface area contributed by atoms with E-state index in [9.17, 15) is 8.42 Å². The fraction of sp³-hybridized carbons (Fsp3) is 0.438. The first-order chi connectivity index (χ1) is 10.3. The molecule has 0 amide bonds. The fourth-order valence-corrected chi connectivity index (χ4v) is 5.22. The van der Waals surface area contributed by atoms with Crippen LogP contribution in [0.25, 0.3) is 0 Å². The molecule has 1 aromatic carbocycles. The summed E-state index contributed by atoms with van der Waals surface area (Å²) in [6, 6.07) is 10.1. The summed E-state index contributed by atoms with van der Waals surface area (Å²) < 4.78 is 29.0. The van der Waals surface area contributed by atoms with Crippen molar-refractivity contribution in [3.63, 3.8) is 0 Å². The molecular weight excluding hydrogens is 298 g/mol. The summed E-state index contributed by atoms with van der Waals surface area (Å²) in [5, 5.41) is 3.99. The molecule has 118 valence electrons. The van der Waals surface area contributed by atoms with Crippen molar-refractivity contribution >= 4 is 10.0 Å². The maximum atomic E-state index is 12.9. The lowest BCUT2D eigenvalue weighted by Gasteiger charge is -2.35. The zero-order valence-electron chi connectivity index (χ0n) is 13.1. The van der Waals surface area contributed by atoms with Crippen LogP contribution in [-0.2, 0) is 17.1 Å². The molecule has 0 radical (unpaired) electrons. The van der Waals surface area contributed by atoms with Gasteiger partial charge in [0.05, 0.1) is 6.20 Å². The van der Waals surface area contributed by atoms with Crippen molar-refractivity contribution in [1.82, 2.24) is 14.1 Å². The molecule has 1 unspecified atom stereocenters. The molecule has 0 bridgehead atoms. The van der Waals surface area contributed by atoms with Gasteiger partial charge >= 0.3 is 0 Å². The first-order valence-corrected chi connectivity index (χ1v) is 8.84. The zero-order chi connectivity index (χ0) is 16.0. The molecule has 0 N–H and O–H groups in total. The van der Waals surface area contributed by atoms with Gasteiger partial charge in [-0.3, -0.25) is 4.68 Å². The lowest BCUT2D eigenvalue weighted by Crippen LogP contribution is -2.45. The molecule has 1 aliphatic rings. The van der Waals surface area contributed by atoms with Crippen LogP contribution in [0.5, 0.6) is 0 Å². The Hall–Kier alpha value is -1.66. The lowest BCUT2D eigenvalue weighted by atomic mass is 9.83. The van der Waals surface area contributed by atoms with E-state index in [2.05, 4.69) is 17.2 Å². The predicted octanol–water partition coefficient (Wildman–Crippen LogP) is 2.38. The average Bonchev–Trinajstić information content (AvgIpc) is 3.03. The number of aromatic nitrogens is 2. The third-order valence-corrected chi connectivity index (χ3v) is 6.63. The molecule has 1 fully saturated rings. The Kier molecular flexibility index (Phi) is 3.61. The highest BCUT2D eigenvalue weighted by Gasteiger charge is 2.48. The van der Waals surface area contributed by atoms with E-state index in [1.807, 2.05) is 32.0 Å². The standard InChI is InChI=1S/C16H21N3O2S/c1-16(2)15(13-7-5-4-6-8-13)9-10-19(16)22(20,21)14-11-17-18(3)12-14/h4-8,11-12,15H,9-10H2,1-3H3. The van der Waals surface area contributed by atoms with Gasteiger partial charge in [0.2, 0.25) is 10.0 Å². The van der Waals surface area contributed by atoms with Crippen molar-refractivity contribution in [1.29, 1.82) is 0 Å². The van der Waals surface area contributed by atoms with Crippen LogP contribution in [0.2, 0.25) is 0 Å². The minimum Gasteiger partial charge on any atom is -0.274 e. The van der Waals surface area contributed by atoms with Gasteiger partial charge in [0.1, 0.15) is 4.90 Å². The lowest BCUT2D eigenvalue weighted by molar-refractivity contribution is 0.269. The summed E-state index contributed by atoms with van der Waals surface area (Å²) in [6.07, 6.45) is 3.80. The normalized spacial score (nSPS) is 22.0. The predicted molar refractivity (Wildman–Crippen MR) is 85.0 cm³/mol. The largest absolute Gasteiger partial charge is 0.274 e. The summed E-state index contributed by atoms with van der Waals surface area (Å²) in [6.45, 7) is 4.54. The number of rotatable bonds is 3. The highest BCUT2D eigenvalue weighted by Crippen LogP contribution is 2.44. The maximum Gasteiger partial charge on any atom is 0.246 e. The Morgan fingerprint density at radius 3 is 2.50 bits per heavy atom. The van der Waals surface area contributed by atoms with Crippen LogP contribution < -0.4 is 0 Å². The third kappa shape index (κ3) is 2.36. The van der Waals surface area contributed by atoms with Gasteiger partial charge in [0.15, 0.2) is 0 Å². The van der Waals surface area contributed by atoms with Crippen LogP contribution in [0.4, 0.5) is 0 Å². The fourth-order valence-electron chi connectivity index (χ4n) is 3.41. The SMILES string of the molecule is Cn1cc(S(=O)(=O)N2CCC(c3ccccc3)C2(C)C)cn1. The Morgan fingerprint density at radius 1 is 1.23 bits per heavy atom. The van der Waals surface area contributed by atoms with Crippen molar-refractivity contribution in [2.24, 2.45) is 7.05 Å². The van der Waals surface area contributed by atoms with Gasteiger partial charge in [0.25, 0.3) is 0 Å². The Labute approximate surface area is 131 Å². The monoisotopic (exact) mass is 319 g/mol. The molecule has 1 aliphatic heterocycles. The average molecular weight is 319 g/mol. The number of benzene rings is 1. The summed E-state index contributed by atoms with van der Waals surface area (Å²) in [5.74, 6) is 0.195. The van der Waals surface area contributed by atoms with E-state index in [-0.39, 0.29) is 10.8 Å². The molecule has 2 aromatic rings. The highest BCUT2D eigenvalue weighted by atomic mass is 32.2. The molecule has 1 atom stereocenters. The van der Waals surface area contributed by atoms with Gasteiger partial charge in [-0.2, -0.15) is 9.40 Å². The zero-order valence-corrected chi connectivity index (χ0v) is 13.9. The number of nitrogens with zero attached hydrogens (tertiary/aromatic N) is 3. The van der Waals surface area contributed by atoms with E-state index >= 15 is 0 Å². The Bertz CT molecular complexity index is 766. The molecule has 1 aromatic heterocycles. The smallest absolute Gasteiger partial charge is 0.246 e. The minimum absolute atomic E-state index is 0.195. The van der Waals surface area contributed by atoms with Crippen LogP contribution in [0.1, 0.15) is 31.7 Å². The Balaban J connectivity index is 1.97. The van der Waals surface area contributed by atoms with Crippen LogP contribution in [0.15, 0.2) is 47.6 Å². The number of hydrogen-bond donors (Lipinski definition) is 0. The van der Waals surface area contributed by atoms with E-state index in [1.165, 1.54) is 16.4 Å². The molecule has 1 saturated heterocycles. The molecular formula is C16H21N3O2S. The van der Waals surface area contributed by atoms with Crippen LogP contribution >= 0.6 is 0 Å². The van der Waals surface area contributed by atoms with E-state index in [0.29, 0.717) is 6.54 Å². The van der Waals surface area contributed by atoms with E-state index in [1.54, 1.807) is 17.5 Å². The number of sulfonamides is 1. The van der Waals surface area contributed by atoms with Crippen LogP contribution in [0, 0.1) is 0 Å². The summed E-state index contributed by atoms with van der Waals surface area (Å²) >= 11 is 0. The quantitative estimate of drug-likeness (QED) is 0.873. The van der Waals surface area contributed by atoms with Crippen LogP contribution in [-0.4, -0.2) is 34.6 Å². The molecule has 0 aliphatic carbocycles. The molecule has 5 nitrogen and oxygen atoms in total. The van der Waals surface area contributed by atoms with E-state index in [0.717, 1.165) is 6.42 Å². The van der Waals surface area contributed by atoms with Gasteiger partial charge in [-0.25, -0.2) is 8.42 Å². The highest BCUT2D eigenvalue weighted by molar-refractivity contribution is 7.89. The maximum absolute atomic E-state index is 12.9. The van der Waals surface area contributed by atoms with Crippen molar-refractivity contribution < 1.29 is 8.42 Å². The summed E-state index contributed by atoms with van der Waals surface area (Å²) in [7, 11) is -1.79. The second kappa shape index (κ2) is 5.21. The van der Waals surface area contributed by atoms with Gasteiger partial charge in [-0.15, -0.1) is 0 Å². The van der Waals surface area contributed by atoms with E-state index < -0.39 is 15.6 Å². The molecule has 3 rings (SSSR count). The number of aryl methyl sites for hydroxylation is 1. The van der Waals surface area contributed by atoms with Crippen molar-refractivity contribution in [3.05, 3.63) is 48.3 Å². The van der Waals surface area contributed by atoms with Gasteiger partial charge in [0, 0.05) is 31.2 Å². The molecule has 0 saturated carbocycles. The minimum atomic E-state index is -3.52. The number of hydrogen-bond acceptors (Lipinski definition) is 3. The Morgan fingerprint density at radius 2 is 1.91 bits per heavy atom. The molecule has 6 heteroatoms. The van der Waals surface area contributed by atoms with E-state index in [4.69, 9.17) is 0 Å². The summed E-state index contributed by atoms with van der Waals surface area (Å²) in [4.78, 5) is 0.261. The first kappa shape index (κ1) is 15.2. The topological polar surface area (TPSA) is 55.2 Å². The molecule has 2 heterocycles.